The van der Waals surface area contributed by atoms with E-state index >= 15 is 0 Å². The number of rotatable bonds is 5. The highest BCUT2D eigenvalue weighted by Gasteiger charge is 2.29. The van der Waals surface area contributed by atoms with Crippen molar-refractivity contribution in [1.82, 2.24) is 15.1 Å². The average molecular weight is 251 g/mol. The Hall–Kier alpha value is -1.20. The number of hydrogen-bond donors (Lipinski definition) is 1. The monoisotopic (exact) mass is 251 g/mol. The van der Waals surface area contributed by atoms with Crippen LogP contribution in [0.2, 0.25) is 0 Å². The second-order valence-corrected chi connectivity index (χ2v) is 4.80. The van der Waals surface area contributed by atoms with Gasteiger partial charge in [-0.05, 0) is 18.9 Å². The van der Waals surface area contributed by atoms with Gasteiger partial charge in [-0.1, -0.05) is 6.92 Å². The third kappa shape index (κ3) is 2.79. The minimum absolute atomic E-state index is 0.0741. The van der Waals surface area contributed by atoms with Crippen LogP contribution in [0.25, 0.3) is 0 Å². The molecule has 18 heavy (non-hydrogen) atoms. The van der Waals surface area contributed by atoms with Crippen LogP contribution in [0, 0.1) is 0 Å². The molecule has 1 aromatic rings. The largest absolute Gasteiger partial charge is 0.380 e. The summed E-state index contributed by atoms with van der Waals surface area (Å²) in [7, 11) is 3.58. The molecule has 1 saturated heterocycles. The highest BCUT2D eigenvalue weighted by molar-refractivity contribution is 5.86. The van der Waals surface area contributed by atoms with E-state index in [1.54, 1.807) is 11.8 Å². The van der Waals surface area contributed by atoms with Gasteiger partial charge in [0.05, 0.1) is 24.3 Å². The lowest BCUT2D eigenvalue weighted by molar-refractivity contribution is -0.120. The predicted octanol–water partition coefficient (Wildman–Crippen LogP) is 0.471. The van der Waals surface area contributed by atoms with Crippen LogP contribution >= 0.6 is 0 Å². The zero-order chi connectivity index (χ0) is 13.1. The number of aryl methyl sites for hydroxylation is 2. The number of Topliss-reactive ketones (excluding diaryl/α,β-unsaturated/α-hetero) is 1. The number of methoxy groups -OCH3 is 1. The summed E-state index contributed by atoms with van der Waals surface area (Å²) in [6, 6.07) is 1.94. The molecule has 100 valence electrons. The van der Waals surface area contributed by atoms with E-state index in [4.69, 9.17) is 4.74 Å². The lowest BCUT2D eigenvalue weighted by Crippen LogP contribution is -2.32. The Kier molecular flexibility index (Phi) is 4.14. The van der Waals surface area contributed by atoms with Crippen LogP contribution in [0.1, 0.15) is 24.7 Å². The molecule has 0 spiro atoms. The number of ketones is 1. The Balaban J connectivity index is 1.96. The number of ether oxygens (including phenoxy) is 1. The molecule has 1 aromatic heterocycles. The molecule has 1 N–H and O–H groups in total. The van der Waals surface area contributed by atoms with Crippen molar-refractivity contribution in [2.75, 3.05) is 13.7 Å². The Morgan fingerprint density at radius 2 is 2.44 bits per heavy atom. The number of carbonyl (C=O) groups is 1. The lowest BCUT2D eigenvalue weighted by Gasteiger charge is -2.09. The summed E-state index contributed by atoms with van der Waals surface area (Å²) in [5, 5.41) is 7.57. The van der Waals surface area contributed by atoms with E-state index in [2.05, 4.69) is 17.3 Å². The first-order valence-electron chi connectivity index (χ1n) is 6.44. The molecule has 0 bridgehead atoms. The second-order valence-electron chi connectivity index (χ2n) is 4.80. The summed E-state index contributed by atoms with van der Waals surface area (Å²) >= 11 is 0. The average Bonchev–Trinajstić information content (AvgIpc) is 2.96. The Morgan fingerprint density at radius 1 is 1.67 bits per heavy atom. The molecule has 5 heteroatoms. The van der Waals surface area contributed by atoms with Crippen LogP contribution in [0.5, 0.6) is 0 Å². The highest BCUT2D eigenvalue weighted by atomic mass is 16.5. The zero-order valence-corrected chi connectivity index (χ0v) is 11.3. The summed E-state index contributed by atoms with van der Waals surface area (Å²) in [6.45, 7) is 2.83. The third-order valence-electron chi connectivity index (χ3n) is 3.56. The normalized spacial score (nSPS) is 23.5. The number of nitrogens with zero attached hydrogens (tertiary/aromatic N) is 2. The minimum atomic E-state index is -0.0741. The summed E-state index contributed by atoms with van der Waals surface area (Å²) in [4.78, 5) is 12.2. The van der Waals surface area contributed by atoms with E-state index < -0.39 is 0 Å². The van der Waals surface area contributed by atoms with Crippen molar-refractivity contribution >= 4 is 5.78 Å². The highest BCUT2D eigenvalue weighted by Crippen LogP contribution is 2.13. The van der Waals surface area contributed by atoms with Gasteiger partial charge in [-0.2, -0.15) is 5.10 Å². The van der Waals surface area contributed by atoms with E-state index in [-0.39, 0.29) is 17.9 Å². The molecule has 0 radical (unpaired) electrons. The fourth-order valence-electron chi connectivity index (χ4n) is 2.34. The molecule has 2 rings (SSSR count). The number of carbonyl (C=O) groups excluding carboxylic acids is 1. The van der Waals surface area contributed by atoms with Gasteiger partial charge in [0, 0.05) is 26.4 Å². The van der Waals surface area contributed by atoms with Crippen molar-refractivity contribution in [3.8, 4) is 0 Å². The van der Waals surface area contributed by atoms with Gasteiger partial charge in [0.25, 0.3) is 0 Å². The van der Waals surface area contributed by atoms with Crippen molar-refractivity contribution in [3.05, 3.63) is 17.5 Å². The van der Waals surface area contributed by atoms with Gasteiger partial charge in [-0.15, -0.1) is 0 Å². The van der Waals surface area contributed by atoms with Crippen molar-refractivity contribution in [1.29, 1.82) is 0 Å². The first kappa shape index (κ1) is 13.2. The zero-order valence-electron chi connectivity index (χ0n) is 11.3. The second kappa shape index (κ2) is 5.63. The molecule has 2 heterocycles. The van der Waals surface area contributed by atoms with Crippen LogP contribution in [-0.4, -0.2) is 41.4 Å². The predicted molar refractivity (Wildman–Crippen MR) is 68.5 cm³/mol. The number of aromatic nitrogens is 2. The quantitative estimate of drug-likeness (QED) is 0.826. The molecule has 1 fully saturated rings. The molecule has 0 aromatic carbocycles. The van der Waals surface area contributed by atoms with Crippen LogP contribution in [0.4, 0.5) is 0 Å². The van der Waals surface area contributed by atoms with Crippen molar-refractivity contribution < 1.29 is 9.53 Å². The van der Waals surface area contributed by atoms with Gasteiger partial charge in [0.15, 0.2) is 5.78 Å². The SMILES string of the molecule is CCc1cc(CC(=O)C2CC(OC)CN2)n(C)n1. The maximum atomic E-state index is 12.2. The molecule has 2 unspecified atom stereocenters. The topological polar surface area (TPSA) is 56.1 Å². The van der Waals surface area contributed by atoms with Crippen LogP contribution < -0.4 is 5.32 Å². The fourth-order valence-corrected chi connectivity index (χ4v) is 2.34. The first-order chi connectivity index (χ1) is 8.63. The smallest absolute Gasteiger partial charge is 0.155 e. The Labute approximate surface area is 108 Å². The first-order valence-corrected chi connectivity index (χ1v) is 6.44. The fraction of sp³-hybridized carbons (Fsp3) is 0.692. The minimum Gasteiger partial charge on any atom is -0.380 e. The van der Waals surface area contributed by atoms with E-state index in [1.165, 1.54) is 0 Å². The number of nitrogens with one attached hydrogen (secondary N) is 1. The molecular formula is C13H21N3O2. The van der Waals surface area contributed by atoms with Gasteiger partial charge in [0.1, 0.15) is 0 Å². The Bertz CT molecular complexity index is 428. The molecule has 0 aliphatic carbocycles. The van der Waals surface area contributed by atoms with Gasteiger partial charge >= 0.3 is 0 Å². The molecule has 0 saturated carbocycles. The third-order valence-corrected chi connectivity index (χ3v) is 3.56. The summed E-state index contributed by atoms with van der Waals surface area (Å²) in [5.74, 6) is 0.222. The van der Waals surface area contributed by atoms with E-state index in [1.807, 2.05) is 13.1 Å². The molecule has 1 aliphatic heterocycles. The summed E-state index contributed by atoms with van der Waals surface area (Å²) in [5.41, 5.74) is 2.02. The maximum absolute atomic E-state index is 12.2. The maximum Gasteiger partial charge on any atom is 0.155 e. The molecule has 2 atom stereocenters. The van der Waals surface area contributed by atoms with Crippen molar-refractivity contribution in [2.45, 2.75) is 38.3 Å². The van der Waals surface area contributed by atoms with Crippen LogP contribution in [0.3, 0.4) is 0 Å². The summed E-state index contributed by atoms with van der Waals surface area (Å²) in [6.07, 6.45) is 2.28. The standard InChI is InChI=1S/C13H21N3O2/c1-4-9-5-10(16(2)15-9)6-13(17)12-7-11(18-3)8-14-12/h5,11-12,14H,4,6-8H2,1-3H3. The Morgan fingerprint density at radius 3 is 3.00 bits per heavy atom. The van der Waals surface area contributed by atoms with Gasteiger partial charge in [-0.25, -0.2) is 0 Å². The van der Waals surface area contributed by atoms with Gasteiger partial charge < -0.3 is 10.1 Å². The molecule has 5 nitrogen and oxygen atoms in total. The van der Waals surface area contributed by atoms with Gasteiger partial charge in [-0.3, -0.25) is 9.48 Å². The van der Waals surface area contributed by atoms with Crippen molar-refractivity contribution in [3.63, 3.8) is 0 Å². The van der Waals surface area contributed by atoms with E-state index in [9.17, 15) is 4.79 Å². The lowest BCUT2D eigenvalue weighted by atomic mass is 10.1. The van der Waals surface area contributed by atoms with Crippen LogP contribution in [0.15, 0.2) is 6.07 Å². The summed E-state index contributed by atoms with van der Waals surface area (Å²) < 4.78 is 7.06. The van der Waals surface area contributed by atoms with E-state index in [0.717, 1.165) is 30.8 Å². The molecule has 0 amide bonds. The molecular weight excluding hydrogens is 230 g/mol. The van der Waals surface area contributed by atoms with Crippen LogP contribution in [-0.2, 0) is 29.4 Å². The number of hydrogen-bond acceptors (Lipinski definition) is 4. The van der Waals surface area contributed by atoms with E-state index in [0.29, 0.717) is 6.42 Å². The van der Waals surface area contributed by atoms with Crippen molar-refractivity contribution in [2.24, 2.45) is 7.05 Å². The van der Waals surface area contributed by atoms with Gasteiger partial charge in [0.2, 0.25) is 0 Å². The molecule has 1 aliphatic rings.